The van der Waals surface area contributed by atoms with Crippen LogP contribution in [0.3, 0.4) is 0 Å². The number of hydrogen-bond acceptors (Lipinski definition) is 1. The van der Waals surface area contributed by atoms with Crippen molar-refractivity contribution >= 4 is 0 Å². The Balaban J connectivity index is 2.52. The van der Waals surface area contributed by atoms with Crippen molar-refractivity contribution in [1.29, 1.82) is 0 Å². The van der Waals surface area contributed by atoms with Crippen LogP contribution in [-0.2, 0) is 6.54 Å². The lowest BCUT2D eigenvalue weighted by Crippen LogP contribution is -2.35. The summed E-state index contributed by atoms with van der Waals surface area (Å²) in [7, 11) is 0. The van der Waals surface area contributed by atoms with E-state index in [-0.39, 0.29) is 0 Å². The number of benzene rings is 1. The molecule has 2 rings (SSSR count). The van der Waals surface area contributed by atoms with Gasteiger partial charge in [-0.15, -0.1) is 0 Å². The van der Waals surface area contributed by atoms with Crippen molar-refractivity contribution in [3.05, 3.63) is 42.5 Å². The van der Waals surface area contributed by atoms with Crippen molar-refractivity contribution in [2.45, 2.75) is 20.4 Å². The van der Waals surface area contributed by atoms with Gasteiger partial charge in [0.1, 0.15) is 6.54 Å². The zero-order valence-corrected chi connectivity index (χ0v) is 8.53. The molecule has 0 atom stereocenters. The van der Waals surface area contributed by atoms with Crippen LogP contribution in [0.5, 0.6) is 0 Å². The Labute approximate surface area is 83.8 Å². The molecule has 0 bridgehead atoms. The summed E-state index contributed by atoms with van der Waals surface area (Å²) < 4.78 is 7.57. The van der Waals surface area contributed by atoms with Crippen molar-refractivity contribution in [3.63, 3.8) is 0 Å². The fourth-order valence-electron chi connectivity index (χ4n) is 1.66. The maximum absolute atomic E-state index is 5.40. The first kappa shape index (κ1) is 9.00. The summed E-state index contributed by atoms with van der Waals surface area (Å²) in [6, 6.07) is 10.3. The van der Waals surface area contributed by atoms with E-state index in [4.69, 9.17) is 4.42 Å². The second-order valence-corrected chi connectivity index (χ2v) is 3.25. The van der Waals surface area contributed by atoms with Crippen LogP contribution in [0.4, 0.5) is 0 Å². The van der Waals surface area contributed by atoms with Crippen LogP contribution in [0.2, 0.25) is 0 Å². The molecule has 0 aliphatic rings. The maximum atomic E-state index is 5.40. The first-order valence-electron chi connectivity index (χ1n) is 4.86. The standard InChI is InChI=1S/C12H14NO/c1-3-13-10(2)14-9-12(13)11-7-5-4-6-8-11/h4-9H,3H2,1-2H3/q+1. The lowest BCUT2D eigenvalue weighted by atomic mass is 10.2. The number of rotatable bonds is 2. The quantitative estimate of drug-likeness (QED) is 0.662. The average Bonchev–Trinajstić information content (AvgIpc) is 2.61. The highest BCUT2D eigenvalue weighted by Gasteiger charge is 2.17. The fraction of sp³-hybridized carbons (Fsp3) is 0.250. The zero-order valence-electron chi connectivity index (χ0n) is 8.53. The zero-order chi connectivity index (χ0) is 9.97. The van der Waals surface area contributed by atoms with E-state index in [1.54, 1.807) is 0 Å². The highest BCUT2D eigenvalue weighted by atomic mass is 16.3. The first-order valence-corrected chi connectivity index (χ1v) is 4.86. The Morgan fingerprint density at radius 3 is 2.57 bits per heavy atom. The molecule has 1 aromatic heterocycles. The minimum atomic E-state index is 0.937. The van der Waals surface area contributed by atoms with Crippen LogP contribution in [-0.4, -0.2) is 0 Å². The molecule has 0 radical (unpaired) electrons. The van der Waals surface area contributed by atoms with Crippen molar-refractivity contribution < 1.29 is 8.98 Å². The highest BCUT2D eigenvalue weighted by Crippen LogP contribution is 2.15. The molecule has 0 N–H and O–H groups in total. The summed E-state index contributed by atoms with van der Waals surface area (Å²) in [5.74, 6) is 0.950. The molecule has 2 heteroatoms. The minimum absolute atomic E-state index is 0.937. The minimum Gasteiger partial charge on any atom is -0.410 e. The monoisotopic (exact) mass is 188 g/mol. The van der Waals surface area contributed by atoms with Gasteiger partial charge in [-0.25, -0.2) is 0 Å². The molecule has 0 unspecified atom stereocenters. The van der Waals surface area contributed by atoms with Gasteiger partial charge in [-0.2, -0.15) is 4.57 Å². The molecule has 2 nitrogen and oxygen atoms in total. The molecular weight excluding hydrogens is 174 g/mol. The summed E-state index contributed by atoms with van der Waals surface area (Å²) in [5.41, 5.74) is 2.34. The smallest absolute Gasteiger partial charge is 0.344 e. The molecule has 1 heterocycles. The van der Waals surface area contributed by atoms with E-state index in [1.807, 2.05) is 31.4 Å². The van der Waals surface area contributed by atoms with Crippen molar-refractivity contribution in [1.82, 2.24) is 0 Å². The Morgan fingerprint density at radius 1 is 1.21 bits per heavy atom. The van der Waals surface area contributed by atoms with Gasteiger partial charge in [-0.1, -0.05) is 18.2 Å². The van der Waals surface area contributed by atoms with Gasteiger partial charge < -0.3 is 4.42 Å². The highest BCUT2D eigenvalue weighted by molar-refractivity contribution is 5.54. The SMILES string of the molecule is CC[n+]1c(-c2ccccc2)coc1C. The molecule has 0 amide bonds. The molecule has 14 heavy (non-hydrogen) atoms. The van der Waals surface area contributed by atoms with Crippen molar-refractivity contribution in [2.75, 3.05) is 0 Å². The largest absolute Gasteiger partial charge is 0.410 e. The van der Waals surface area contributed by atoms with Crippen LogP contribution < -0.4 is 4.57 Å². The Hall–Kier alpha value is -1.57. The van der Waals surface area contributed by atoms with E-state index in [1.165, 1.54) is 5.56 Å². The second kappa shape index (κ2) is 3.66. The lowest BCUT2D eigenvalue weighted by molar-refractivity contribution is -0.692. The normalized spacial score (nSPS) is 10.4. The molecule has 0 saturated carbocycles. The van der Waals surface area contributed by atoms with E-state index in [2.05, 4.69) is 23.6 Å². The summed E-state index contributed by atoms with van der Waals surface area (Å²) in [4.78, 5) is 0. The first-order chi connectivity index (χ1) is 6.83. The van der Waals surface area contributed by atoms with Gasteiger partial charge >= 0.3 is 5.89 Å². The number of nitrogens with zero attached hydrogens (tertiary/aromatic N) is 1. The molecule has 1 aromatic carbocycles. The Bertz CT molecular complexity index is 417. The van der Waals surface area contributed by atoms with E-state index in [0.29, 0.717) is 0 Å². The molecule has 2 aromatic rings. The van der Waals surface area contributed by atoms with Crippen LogP contribution in [0, 0.1) is 6.92 Å². The van der Waals surface area contributed by atoms with Crippen LogP contribution >= 0.6 is 0 Å². The molecule has 72 valence electrons. The van der Waals surface area contributed by atoms with E-state index in [9.17, 15) is 0 Å². The van der Waals surface area contributed by atoms with Gasteiger partial charge in [0.15, 0.2) is 6.26 Å². The third-order valence-electron chi connectivity index (χ3n) is 2.40. The van der Waals surface area contributed by atoms with Gasteiger partial charge in [-0.05, 0) is 19.1 Å². The van der Waals surface area contributed by atoms with Crippen LogP contribution in [0.25, 0.3) is 11.3 Å². The molecule has 0 spiro atoms. The predicted octanol–water partition coefficient (Wildman–Crippen LogP) is 2.56. The van der Waals surface area contributed by atoms with Gasteiger partial charge in [0.05, 0.1) is 6.92 Å². The Kier molecular flexibility index (Phi) is 2.35. The number of aromatic nitrogens is 1. The molecule has 0 aliphatic heterocycles. The topological polar surface area (TPSA) is 17.0 Å². The van der Waals surface area contributed by atoms with E-state index in [0.717, 1.165) is 18.1 Å². The number of hydrogen-bond donors (Lipinski definition) is 0. The molecule has 0 fully saturated rings. The van der Waals surface area contributed by atoms with Gasteiger partial charge in [0.2, 0.25) is 0 Å². The van der Waals surface area contributed by atoms with Crippen LogP contribution in [0.15, 0.2) is 41.0 Å². The maximum Gasteiger partial charge on any atom is 0.344 e. The number of oxazole rings is 1. The third kappa shape index (κ3) is 1.43. The summed E-state index contributed by atoms with van der Waals surface area (Å²) >= 11 is 0. The van der Waals surface area contributed by atoms with Crippen molar-refractivity contribution in [3.8, 4) is 11.3 Å². The van der Waals surface area contributed by atoms with Crippen molar-refractivity contribution in [2.24, 2.45) is 0 Å². The fourth-order valence-corrected chi connectivity index (χ4v) is 1.66. The third-order valence-corrected chi connectivity index (χ3v) is 2.40. The summed E-state index contributed by atoms with van der Waals surface area (Å²) in [5, 5.41) is 0. The second-order valence-electron chi connectivity index (χ2n) is 3.25. The molecule has 0 aliphatic carbocycles. The van der Waals surface area contributed by atoms with Gasteiger partial charge in [-0.3, -0.25) is 0 Å². The predicted molar refractivity (Wildman–Crippen MR) is 54.8 cm³/mol. The number of aryl methyl sites for hydroxylation is 1. The van der Waals surface area contributed by atoms with E-state index >= 15 is 0 Å². The Morgan fingerprint density at radius 2 is 1.93 bits per heavy atom. The summed E-state index contributed by atoms with van der Waals surface area (Å²) in [6.45, 7) is 5.04. The average molecular weight is 188 g/mol. The van der Waals surface area contributed by atoms with E-state index < -0.39 is 0 Å². The molecule has 0 saturated heterocycles. The van der Waals surface area contributed by atoms with Gasteiger partial charge in [0.25, 0.3) is 5.69 Å². The van der Waals surface area contributed by atoms with Gasteiger partial charge in [0, 0.05) is 5.56 Å². The molecular formula is C12H14NO+. The van der Waals surface area contributed by atoms with Crippen LogP contribution in [0.1, 0.15) is 12.8 Å². The summed E-state index contributed by atoms with van der Waals surface area (Å²) in [6.07, 6.45) is 1.81. The lowest BCUT2D eigenvalue weighted by Gasteiger charge is -1.94.